The minimum absolute atomic E-state index is 0.193. The summed E-state index contributed by atoms with van der Waals surface area (Å²) in [4.78, 5) is 14.0. The number of rotatable bonds is 5. The molecule has 0 bridgehead atoms. The predicted octanol–water partition coefficient (Wildman–Crippen LogP) is 3.11. The summed E-state index contributed by atoms with van der Waals surface area (Å²) >= 11 is 0. The molecule has 0 atom stereocenters. The highest BCUT2D eigenvalue weighted by Crippen LogP contribution is 2.20. The maximum absolute atomic E-state index is 11.8. The summed E-state index contributed by atoms with van der Waals surface area (Å²) in [6.07, 6.45) is 1.76. The molecular formula is C13H27NO. The summed E-state index contributed by atoms with van der Waals surface area (Å²) in [5.74, 6) is 0.348. The first-order valence-electron chi connectivity index (χ1n) is 5.86. The molecule has 0 amide bonds. The number of Topliss-reactive ketones (excluding diaryl/α,β-unsaturated/α-hetero) is 1. The maximum Gasteiger partial charge on any atom is 0.139 e. The van der Waals surface area contributed by atoms with Gasteiger partial charge in [-0.2, -0.15) is 0 Å². The van der Waals surface area contributed by atoms with Gasteiger partial charge in [0.1, 0.15) is 5.78 Å². The highest BCUT2D eigenvalue weighted by molar-refractivity contribution is 5.83. The second kappa shape index (κ2) is 5.11. The Balaban J connectivity index is 4.13. The summed E-state index contributed by atoms with van der Waals surface area (Å²) in [5.41, 5.74) is -0.00460. The molecule has 0 rings (SSSR count). The molecule has 0 aromatic rings. The van der Waals surface area contributed by atoms with Gasteiger partial charge in [-0.25, -0.2) is 0 Å². The SMILES string of the molecule is CCC(C)(C)N(C)CCC(=O)C(C)(C)C. The molecule has 0 aliphatic rings. The summed E-state index contributed by atoms with van der Waals surface area (Å²) < 4.78 is 0. The lowest BCUT2D eigenvalue weighted by Gasteiger charge is -2.35. The topological polar surface area (TPSA) is 20.3 Å². The Morgan fingerprint density at radius 2 is 1.60 bits per heavy atom. The normalized spacial score (nSPS) is 13.3. The first kappa shape index (κ1) is 14.6. The minimum Gasteiger partial charge on any atom is -0.301 e. The monoisotopic (exact) mass is 213 g/mol. The number of hydrogen-bond donors (Lipinski definition) is 0. The molecule has 2 nitrogen and oxygen atoms in total. The van der Waals surface area contributed by atoms with Gasteiger partial charge < -0.3 is 4.90 Å². The second-order valence-corrected chi connectivity index (χ2v) is 6.01. The van der Waals surface area contributed by atoms with Crippen LogP contribution in [0.15, 0.2) is 0 Å². The molecule has 0 aliphatic carbocycles. The smallest absolute Gasteiger partial charge is 0.139 e. The number of hydrogen-bond acceptors (Lipinski definition) is 2. The number of ketones is 1. The molecule has 0 heterocycles. The van der Waals surface area contributed by atoms with E-state index in [2.05, 4.69) is 32.7 Å². The molecule has 0 spiro atoms. The average molecular weight is 213 g/mol. The fraction of sp³-hybridized carbons (Fsp3) is 0.923. The largest absolute Gasteiger partial charge is 0.301 e. The Bertz CT molecular complexity index is 213. The summed E-state index contributed by atoms with van der Waals surface area (Å²) in [6, 6.07) is 0. The van der Waals surface area contributed by atoms with Gasteiger partial charge in [0.2, 0.25) is 0 Å². The minimum atomic E-state index is -0.197. The standard InChI is InChI=1S/C13H27NO/c1-8-13(5,6)14(7)10-9-11(15)12(2,3)4/h8-10H2,1-7H3. The van der Waals surface area contributed by atoms with Crippen LogP contribution in [0.2, 0.25) is 0 Å². The average Bonchev–Trinajstić information content (AvgIpc) is 2.11. The fourth-order valence-electron chi connectivity index (χ4n) is 1.22. The fourth-order valence-corrected chi connectivity index (χ4v) is 1.22. The molecule has 90 valence electrons. The predicted molar refractivity (Wildman–Crippen MR) is 66.1 cm³/mol. The Hall–Kier alpha value is -0.370. The van der Waals surface area contributed by atoms with Crippen LogP contribution in [0.4, 0.5) is 0 Å². The molecular weight excluding hydrogens is 186 g/mol. The van der Waals surface area contributed by atoms with Crippen molar-refractivity contribution < 1.29 is 4.79 Å². The van der Waals surface area contributed by atoms with E-state index >= 15 is 0 Å². The van der Waals surface area contributed by atoms with Gasteiger partial charge in [-0.1, -0.05) is 27.7 Å². The van der Waals surface area contributed by atoms with E-state index in [-0.39, 0.29) is 11.0 Å². The van der Waals surface area contributed by atoms with Crippen LogP contribution in [0.5, 0.6) is 0 Å². The van der Waals surface area contributed by atoms with Gasteiger partial charge >= 0.3 is 0 Å². The third kappa shape index (κ3) is 4.78. The van der Waals surface area contributed by atoms with Gasteiger partial charge in [-0.3, -0.25) is 4.79 Å². The Morgan fingerprint density at radius 1 is 1.13 bits per heavy atom. The maximum atomic E-state index is 11.8. The van der Waals surface area contributed by atoms with E-state index in [0.29, 0.717) is 12.2 Å². The number of nitrogens with zero attached hydrogens (tertiary/aromatic N) is 1. The van der Waals surface area contributed by atoms with Gasteiger partial charge in [0.05, 0.1) is 0 Å². The van der Waals surface area contributed by atoms with Crippen molar-refractivity contribution in [1.29, 1.82) is 0 Å². The molecule has 0 saturated heterocycles. The van der Waals surface area contributed by atoms with Gasteiger partial charge in [-0.15, -0.1) is 0 Å². The highest BCUT2D eigenvalue weighted by atomic mass is 16.1. The van der Waals surface area contributed by atoms with Crippen LogP contribution in [0.1, 0.15) is 54.4 Å². The molecule has 0 aliphatic heterocycles. The van der Waals surface area contributed by atoms with Crippen molar-refractivity contribution in [1.82, 2.24) is 4.90 Å². The van der Waals surface area contributed by atoms with E-state index in [9.17, 15) is 4.79 Å². The van der Waals surface area contributed by atoms with E-state index in [0.717, 1.165) is 13.0 Å². The third-order valence-corrected chi connectivity index (χ3v) is 3.41. The molecule has 0 radical (unpaired) electrons. The lowest BCUT2D eigenvalue weighted by Crippen LogP contribution is -2.42. The van der Waals surface area contributed by atoms with Gasteiger partial charge in [0.15, 0.2) is 0 Å². The van der Waals surface area contributed by atoms with Crippen molar-refractivity contribution in [3.05, 3.63) is 0 Å². The van der Waals surface area contributed by atoms with Crippen molar-refractivity contribution in [3.63, 3.8) is 0 Å². The molecule has 15 heavy (non-hydrogen) atoms. The highest BCUT2D eigenvalue weighted by Gasteiger charge is 2.25. The quantitative estimate of drug-likeness (QED) is 0.699. The Morgan fingerprint density at radius 3 is 1.93 bits per heavy atom. The van der Waals surface area contributed by atoms with Gasteiger partial charge in [0.25, 0.3) is 0 Å². The van der Waals surface area contributed by atoms with Crippen LogP contribution in [0.25, 0.3) is 0 Å². The van der Waals surface area contributed by atoms with Gasteiger partial charge in [-0.05, 0) is 27.3 Å². The lowest BCUT2D eigenvalue weighted by molar-refractivity contribution is -0.126. The second-order valence-electron chi connectivity index (χ2n) is 6.01. The lowest BCUT2D eigenvalue weighted by atomic mass is 9.88. The van der Waals surface area contributed by atoms with Crippen LogP contribution in [0.3, 0.4) is 0 Å². The van der Waals surface area contributed by atoms with Crippen LogP contribution < -0.4 is 0 Å². The zero-order valence-electron chi connectivity index (χ0n) is 11.5. The molecule has 0 aromatic heterocycles. The van der Waals surface area contributed by atoms with Crippen LogP contribution in [-0.4, -0.2) is 29.8 Å². The van der Waals surface area contributed by atoms with E-state index in [1.807, 2.05) is 20.8 Å². The van der Waals surface area contributed by atoms with Crippen LogP contribution in [0, 0.1) is 5.41 Å². The van der Waals surface area contributed by atoms with Gasteiger partial charge in [0, 0.05) is 23.9 Å². The van der Waals surface area contributed by atoms with Crippen molar-refractivity contribution in [3.8, 4) is 0 Å². The number of carbonyl (C=O) groups is 1. The Kier molecular flexibility index (Phi) is 4.98. The van der Waals surface area contributed by atoms with E-state index in [1.165, 1.54) is 0 Å². The summed E-state index contributed by atoms with van der Waals surface area (Å²) in [7, 11) is 2.10. The third-order valence-electron chi connectivity index (χ3n) is 3.41. The molecule has 0 N–H and O–H groups in total. The van der Waals surface area contributed by atoms with E-state index < -0.39 is 0 Å². The van der Waals surface area contributed by atoms with E-state index in [1.54, 1.807) is 0 Å². The zero-order valence-corrected chi connectivity index (χ0v) is 11.5. The van der Waals surface area contributed by atoms with Crippen LogP contribution >= 0.6 is 0 Å². The number of carbonyl (C=O) groups excluding carboxylic acids is 1. The molecule has 0 aromatic carbocycles. The molecule has 0 fully saturated rings. The molecule has 0 saturated carbocycles. The van der Waals surface area contributed by atoms with Crippen molar-refractivity contribution in [2.24, 2.45) is 5.41 Å². The molecule has 0 unspecified atom stereocenters. The summed E-state index contributed by atoms with van der Waals surface area (Å²) in [6.45, 7) is 13.4. The van der Waals surface area contributed by atoms with Crippen molar-refractivity contribution in [2.75, 3.05) is 13.6 Å². The van der Waals surface area contributed by atoms with E-state index in [4.69, 9.17) is 0 Å². The van der Waals surface area contributed by atoms with Crippen molar-refractivity contribution >= 4 is 5.78 Å². The first-order chi connectivity index (χ1) is 6.61. The zero-order chi connectivity index (χ0) is 12.3. The Labute approximate surface area is 95.0 Å². The summed E-state index contributed by atoms with van der Waals surface area (Å²) in [5, 5.41) is 0. The molecule has 2 heteroatoms. The van der Waals surface area contributed by atoms with Crippen LogP contribution in [-0.2, 0) is 4.79 Å². The van der Waals surface area contributed by atoms with Crippen molar-refractivity contribution in [2.45, 2.75) is 59.9 Å². The first-order valence-corrected chi connectivity index (χ1v) is 5.86.